The van der Waals surface area contributed by atoms with Crippen LogP contribution in [-0.2, 0) is 6.42 Å². The van der Waals surface area contributed by atoms with Gasteiger partial charge in [0.15, 0.2) is 6.04 Å². The lowest BCUT2D eigenvalue weighted by Crippen LogP contribution is -3.10. The molecule has 0 aliphatic carbocycles. The molecule has 1 aliphatic rings. The highest BCUT2D eigenvalue weighted by molar-refractivity contribution is 5.85. The minimum Gasteiger partial charge on any atom is -0.494 e. The lowest BCUT2D eigenvalue weighted by molar-refractivity contribution is -0.908. The molecule has 7 nitrogen and oxygen atoms in total. The van der Waals surface area contributed by atoms with Gasteiger partial charge in [-0.05, 0) is 24.1 Å². The number of H-pyrrole nitrogens is 2. The van der Waals surface area contributed by atoms with Crippen molar-refractivity contribution in [1.29, 1.82) is 0 Å². The molecule has 31 heavy (non-hydrogen) atoms. The third-order valence-electron chi connectivity index (χ3n) is 6.51. The van der Waals surface area contributed by atoms with Gasteiger partial charge in [0.25, 0.3) is 5.56 Å². The molecule has 4 aromatic rings. The Balaban J connectivity index is 1.73. The van der Waals surface area contributed by atoms with Crippen molar-refractivity contribution in [2.75, 3.05) is 13.6 Å². The number of nitrogens with zero attached hydrogens (tertiary/aromatic N) is 1. The second-order valence-electron chi connectivity index (χ2n) is 8.30. The van der Waals surface area contributed by atoms with E-state index < -0.39 is 23.3 Å². The second-order valence-corrected chi connectivity index (χ2v) is 8.30. The number of quaternary nitrogens is 1. The summed E-state index contributed by atoms with van der Waals surface area (Å²) in [6, 6.07) is 16.7. The van der Waals surface area contributed by atoms with E-state index in [0.717, 1.165) is 40.0 Å². The average molecular weight is 417 g/mol. The predicted molar refractivity (Wildman–Crippen MR) is 119 cm³/mol. The third-order valence-corrected chi connectivity index (χ3v) is 6.51. The minimum absolute atomic E-state index is 0.215. The van der Waals surface area contributed by atoms with E-state index in [1.807, 2.05) is 62.5 Å². The molecule has 3 heterocycles. The van der Waals surface area contributed by atoms with E-state index in [-0.39, 0.29) is 11.4 Å². The van der Waals surface area contributed by atoms with Gasteiger partial charge in [-0.3, -0.25) is 14.3 Å². The highest BCUT2D eigenvalue weighted by atomic mass is 16.3. The molecular weight excluding hydrogens is 392 g/mol. The Morgan fingerprint density at radius 1 is 1.06 bits per heavy atom. The van der Waals surface area contributed by atoms with Crippen molar-refractivity contribution in [3.05, 3.63) is 97.8 Å². The molecule has 0 saturated carbocycles. The predicted octanol–water partition coefficient (Wildman–Crippen LogP) is 1.49. The van der Waals surface area contributed by atoms with Crippen LogP contribution in [0.2, 0.25) is 0 Å². The number of rotatable bonds is 3. The van der Waals surface area contributed by atoms with Crippen molar-refractivity contribution < 1.29 is 10.0 Å². The summed E-state index contributed by atoms with van der Waals surface area (Å²) >= 11 is 0. The first kappa shape index (κ1) is 19.4. The maximum absolute atomic E-state index is 13.0. The molecule has 3 atom stereocenters. The number of aromatic amines is 2. The summed E-state index contributed by atoms with van der Waals surface area (Å²) in [4.78, 5) is 32.7. The van der Waals surface area contributed by atoms with Crippen LogP contribution < -0.4 is 16.1 Å². The largest absolute Gasteiger partial charge is 0.494 e. The lowest BCUT2D eigenvalue weighted by Gasteiger charge is -2.30. The van der Waals surface area contributed by atoms with Crippen LogP contribution in [0.5, 0.6) is 5.88 Å². The van der Waals surface area contributed by atoms with Crippen molar-refractivity contribution in [1.82, 2.24) is 14.5 Å². The van der Waals surface area contributed by atoms with Gasteiger partial charge in [0.2, 0.25) is 5.88 Å². The summed E-state index contributed by atoms with van der Waals surface area (Å²) in [7, 11) is 2.01. The van der Waals surface area contributed by atoms with Crippen molar-refractivity contribution in [3.63, 3.8) is 0 Å². The van der Waals surface area contributed by atoms with Gasteiger partial charge in [-0.1, -0.05) is 48.5 Å². The van der Waals surface area contributed by atoms with E-state index in [0.29, 0.717) is 0 Å². The van der Waals surface area contributed by atoms with Crippen LogP contribution in [0.15, 0.2) is 64.2 Å². The summed E-state index contributed by atoms with van der Waals surface area (Å²) < 4.78 is 1.27. The van der Waals surface area contributed by atoms with E-state index in [1.165, 1.54) is 10.1 Å². The molecule has 0 saturated heterocycles. The zero-order chi connectivity index (χ0) is 21.7. The number of nitrogens with one attached hydrogen (secondary N) is 3. The summed E-state index contributed by atoms with van der Waals surface area (Å²) in [5, 5.41) is 12.4. The number of aromatic hydroxyl groups is 1. The first-order chi connectivity index (χ1) is 15.0. The molecule has 2 aromatic heterocycles. The van der Waals surface area contributed by atoms with Crippen LogP contribution in [0.25, 0.3) is 10.9 Å². The molecule has 0 bridgehead atoms. The van der Waals surface area contributed by atoms with Gasteiger partial charge in [0.1, 0.15) is 5.56 Å². The number of para-hydroxylation sites is 1. The van der Waals surface area contributed by atoms with Gasteiger partial charge in [-0.15, -0.1) is 0 Å². The summed E-state index contributed by atoms with van der Waals surface area (Å²) in [5.74, 6) is -0.277. The van der Waals surface area contributed by atoms with Crippen LogP contribution in [-0.4, -0.2) is 33.2 Å². The number of aromatic nitrogens is 3. The third kappa shape index (κ3) is 3.00. The Morgan fingerprint density at radius 3 is 2.55 bits per heavy atom. The maximum atomic E-state index is 13.0. The number of hydrogen-bond acceptors (Lipinski definition) is 3. The molecule has 0 spiro atoms. The Hall–Kier alpha value is -3.58. The van der Waals surface area contributed by atoms with Gasteiger partial charge in [-0.25, -0.2) is 4.79 Å². The molecule has 5 rings (SSSR count). The molecule has 2 aromatic carbocycles. The number of fused-ring (bicyclic) bond motifs is 3. The fourth-order valence-electron chi connectivity index (χ4n) is 4.89. The normalized spacial score (nSPS) is 19.3. The van der Waals surface area contributed by atoms with Crippen molar-refractivity contribution >= 4 is 10.9 Å². The Morgan fingerprint density at radius 2 is 1.77 bits per heavy atom. The van der Waals surface area contributed by atoms with Crippen LogP contribution in [0, 0.1) is 0 Å². The first-order valence-electron chi connectivity index (χ1n) is 10.5. The fourth-order valence-corrected chi connectivity index (χ4v) is 4.89. The molecule has 158 valence electrons. The van der Waals surface area contributed by atoms with E-state index in [4.69, 9.17) is 0 Å². The maximum Gasteiger partial charge on any atom is 0.331 e. The van der Waals surface area contributed by atoms with E-state index in [1.54, 1.807) is 0 Å². The van der Waals surface area contributed by atoms with Crippen LogP contribution >= 0.6 is 0 Å². The lowest BCUT2D eigenvalue weighted by atomic mass is 9.93. The number of benzene rings is 2. The highest BCUT2D eigenvalue weighted by Crippen LogP contribution is 2.33. The van der Waals surface area contributed by atoms with Crippen LogP contribution in [0.4, 0.5) is 0 Å². The number of hydrogen-bond donors (Lipinski definition) is 4. The van der Waals surface area contributed by atoms with Crippen molar-refractivity contribution in [2.24, 2.45) is 0 Å². The fraction of sp³-hybridized carbons (Fsp3) is 0.250. The van der Waals surface area contributed by atoms with Gasteiger partial charge in [-0.2, -0.15) is 0 Å². The standard InChI is InChI=1S/C24H24N4O3/c1-14(15-8-4-3-5-9-15)28-23(30)19(22(29)26-24(28)31)21-20-17(12-13-27(21)2)16-10-6-7-11-18(16)25-20/h3-11,14,21,25,30H,12-13H2,1-2H3,(H,26,29,31)/p+1/t14-,21-/m1/s1. The first-order valence-corrected chi connectivity index (χ1v) is 10.5. The van der Waals surface area contributed by atoms with Gasteiger partial charge in [0.05, 0.1) is 25.3 Å². The topological polar surface area (TPSA) is 95.3 Å². The Labute approximate surface area is 178 Å². The quantitative estimate of drug-likeness (QED) is 0.407. The zero-order valence-electron chi connectivity index (χ0n) is 17.5. The minimum atomic E-state index is -0.618. The van der Waals surface area contributed by atoms with E-state index in [9.17, 15) is 14.7 Å². The van der Waals surface area contributed by atoms with Crippen LogP contribution in [0.1, 0.15) is 41.4 Å². The SMILES string of the molecule is C[C@H](c1ccccc1)n1c(O)c([C@@H]2c3[nH]c4ccccc4c3CC[NH+]2C)c(=O)[nH]c1=O. The molecule has 0 radical (unpaired) electrons. The van der Waals surface area contributed by atoms with Crippen molar-refractivity contribution in [3.8, 4) is 5.88 Å². The summed E-state index contributed by atoms with van der Waals surface area (Å²) in [5.41, 5.74) is 3.01. The Kier molecular flexibility index (Phi) is 4.55. The molecule has 7 heteroatoms. The number of likely N-dealkylation sites (N-methyl/N-ethyl adjacent to an activating group) is 1. The van der Waals surface area contributed by atoms with Gasteiger partial charge >= 0.3 is 5.69 Å². The molecular formula is C24H25N4O3+. The molecule has 0 fully saturated rings. The average Bonchev–Trinajstić information content (AvgIpc) is 3.14. The Bertz CT molecular complexity index is 1380. The highest BCUT2D eigenvalue weighted by Gasteiger charge is 2.38. The summed E-state index contributed by atoms with van der Waals surface area (Å²) in [6.07, 6.45) is 0.875. The van der Waals surface area contributed by atoms with E-state index >= 15 is 0 Å². The van der Waals surface area contributed by atoms with Crippen molar-refractivity contribution in [2.45, 2.75) is 25.4 Å². The summed E-state index contributed by atoms with van der Waals surface area (Å²) in [6.45, 7) is 2.65. The molecule has 4 N–H and O–H groups in total. The smallest absolute Gasteiger partial charge is 0.331 e. The van der Waals surface area contributed by atoms with Gasteiger partial charge < -0.3 is 15.0 Å². The molecule has 1 aliphatic heterocycles. The molecule has 1 unspecified atom stereocenters. The second kappa shape index (κ2) is 7.28. The molecule has 0 amide bonds. The van der Waals surface area contributed by atoms with Crippen LogP contribution in [0.3, 0.4) is 0 Å². The monoisotopic (exact) mass is 417 g/mol. The van der Waals surface area contributed by atoms with E-state index in [2.05, 4.69) is 16.0 Å². The van der Waals surface area contributed by atoms with Gasteiger partial charge in [0, 0.05) is 17.3 Å². The zero-order valence-corrected chi connectivity index (χ0v) is 17.5.